The smallest absolute Gasteiger partial charge is 0.0443 e. The fourth-order valence-electron chi connectivity index (χ4n) is 1.48. The minimum Gasteiger partial charge on any atom is -0.396 e. The van der Waals surface area contributed by atoms with E-state index in [9.17, 15) is 0 Å². The summed E-state index contributed by atoms with van der Waals surface area (Å²) in [6, 6.07) is 0.887. The molecule has 0 radical (unpaired) electrons. The summed E-state index contributed by atoms with van der Waals surface area (Å²) in [6.45, 7) is 3.53. The summed E-state index contributed by atoms with van der Waals surface area (Å²) in [7, 11) is 2.21. The number of nitrogens with zero attached hydrogens (tertiary/aromatic N) is 1. The summed E-state index contributed by atoms with van der Waals surface area (Å²) < 4.78 is 0. The average Bonchev–Trinajstić information content (AvgIpc) is 2.93. The summed E-state index contributed by atoms with van der Waals surface area (Å²) in [6.07, 6.45) is 4.89. The van der Waals surface area contributed by atoms with Crippen LogP contribution in [-0.4, -0.2) is 49.3 Å². The highest BCUT2D eigenvalue weighted by Gasteiger charge is 2.25. The van der Waals surface area contributed by atoms with Crippen LogP contribution in [0.5, 0.6) is 0 Å². The molecule has 1 fully saturated rings. The molecule has 0 heterocycles. The minimum absolute atomic E-state index is 0.301. The van der Waals surface area contributed by atoms with E-state index in [0.29, 0.717) is 6.61 Å². The van der Waals surface area contributed by atoms with Crippen LogP contribution in [0.15, 0.2) is 0 Å². The van der Waals surface area contributed by atoms with Crippen LogP contribution < -0.4 is 5.32 Å². The van der Waals surface area contributed by atoms with Gasteiger partial charge in [0.2, 0.25) is 0 Å². The molecular formula is C10H22N2O. The first-order chi connectivity index (χ1) is 6.34. The molecule has 3 nitrogen and oxygen atoms in total. The van der Waals surface area contributed by atoms with Crippen LogP contribution in [0.2, 0.25) is 0 Å². The zero-order chi connectivity index (χ0) is 9.52. The molecule has 0 aromatic rings. The number of rotatable bonds is 8. The zero-order valence-electron chi connectivity index (χ0n) is 8.63. The van der Waals surface area contributed by atoms with Gasteiger partial charge in [-0.2, -0.15) is 0 Å². The zero-order valence-corrected chi connectivity index (χ0v) is 8.63. The van der Waals surface area contributed by atoms with Crippen LogP contribution in [0.3, 0.4) is 0 Å². The molecule has 0 spiro atoms. The Morgan fingerprint density at radius 1 is 1.31 bits per heavy atom. The Kier molecular flexibility index (Phi) is 5.35. The first-order valence-corrected chi connectivity index (χ1v) is 5.36. The Labute approximate surface area is 81.1 Å². The number of aliphatic hydroxyl groups is 1. The Balaban J connectivity index is 1.77. The standard InChI is InChI=1S/C10H22N2O/c1-12(10-4-5-10)8-2-6-11-7-3-9-13/h10-11,13H,2-9H2,1H3. The highest BCUT2D eigenvalue weighted by Crippen LogP contribution is 2.24. The third-order valence-corrected chi connectivity index (χ3v) is 2.55. The molecule has 1 aliphatic rings. The first-order valence-electron chi connectivity index (χ1n) is 5.36. The van der Waals surface area contributed by atoms with Crippen molar-refractivity contribution in [3.8, 4) is 0 Å². The maximum absolute atomic E-state index is 8.54. The maximum atomic E-state index is 8.54. The Morgan fingerprint density at radius 2 is 2.00 bits per heavy atom. The molecule has 0 atom stereocenters. The van der Waals surface area contributed by atoms with Crippen molar-refractivity contribution in [1.29, 1.82) is 0 Å². The third kappa shape index (κ3) is 5.24. The van der Waals surface area contributed by atoms with Crippen molar-refractivity contribution in [2.75, 3.05) is 33.3 Å². The van der Waals surface area contributed by atoms with Crippen molar-refractivity contribution >= 4 is 0 Å². The van der Waals surface area contributed by atoms with E-state index >= 15 is 0 Å². The highest BCUT2D eigenvalue weighted by atomic mass is 16.3. The van der Waals surface area contributed by atoms with Crippen LogP contribution in [0.25, 0.3) is 0 Å². The summed E-state index contributed by atoms with van der Waals surface area (Å²) in [5, 5.41) is 11.9. The van der Waals surface area contributed by atoms with E-state index in [2.05, 4.69) is 17.3 Å². The summed E-state index contributed by atoms with van der Waals surface area (Å²) in [5.74, 6) is 0. The summed E-state index contributed by atoms with van der Waals surface area (Å²) in [4.78, 5) is 2.45. The Hall–Kier alpha value is -0.120. The summed E-state index contributed by atoms with van der Waals surface area (Å²) >= 11 is 0. The largest absolute Gasteiger partial charge is 0.396 e. The molecule has 1 saturated carbocycles. The van der Waals surface area contributed by atoms with Crippen LogP contribution in [0.4, 0.5) is 0 Å². The number of nitrogens with one attached hydrogen (secondary N) is 1. The van der Waals surface area contributed by atoms with Crippen molar-refractivity contribution in [2.24, 2.45) is 0 Å². The van der Waals surface area contributed by atoms with Gasteiger partial charge in [0, 0.05) is 12.6 Å². The molecule has 1 aliphatic carbocycles. The average molecular weight is 186 g/mol. The molecule has 2 N–H and O–H groups in total. The second-order valence-electron chi connectivity index (χ2n) is 3.89. The maximum Gasteiger partial charge on any atom is 0.0443 e. The molecule has 0 amide bonds. The van der Waals surface area contributed by atoms with E-state index in [-0.39, 0.29) is 0 Å². The number of hydrogen-bond acceptors (Lipinski definition) is 3. The van der Waals surface area contributed by atoms with Crippen LogP contribution in [-0.2, 0) is 0 Å². The van der Waals surface area contributed by atoms with E-state index in [1.807, 2.05) is 0 Å². The molecule has 0 aromatic carbocycles. The van der Waals surface area contributed by atoms with Gasteiger partial charge in [-0.25, -0.2) is 0 Å². The predicted octanol–water partition coefficient (Wildman–Crippen LogP) is 0.443. The lowest BCUT2D eigenvalue weighted by Crippen LogP contribution is -2.26. The van der Waals surface area contributed by atoms with Crippen molar-refractivity contribution in [2.45, 2.75) is 31.7 Å². The van der Waals surface area contributed by atoms with Gasteiger partial charge in [0.15, 0.2) is 0 Å². The van der Waals surface area contributed by atoms with Gasteiger partial charge < -0.3 is 15.3 Å². The van der Waals surface area contributed by atoms with Gasteiger partial charge in [-0.15, -0.1) is 0 Å². The van der Waals surface area contributed by atoms with Crippen LogP contribution in [0.1, 0.15) is 25.7 Å². The lowest BCUT2D eigenvalue weighted by molar-refractivity contribution is 0.284. The molecule has 0 unspecified atom stereocenters. The molecule has 78 valence electrons. The fourth-order valence-corrected chi connectivity index (χ4v) is 1.48. The lowest BCUT2D eigenvalue weighted by atomic mass is 10.3. The molecule has 13 heavy (non-hydrogen) atoms. The second-order valence-corrected chi connectivity index (χ2v) is 3.89. The Morgan fingerprint density at radius 3 is 2.62 bits per heavy atom. The second kappa shape index (κ2) is 6.35. The highest BCUT2D eigenvalue weighted by molar-refractivity contribution is 4.82. The minimum atomic E-state index is 0.301. The van der Waals surface area contributed by atoms with E-state index in [4.69, 9.17) is 5.11 Å². The topological polar surface area (TPSA) is 35.5 Å². The van der Waals surface area contributed by atoms with Crippen molar-refractivity contribution in [3.05, 3.63) is 0 Å². The fraction of sp³-hybridized carbons (Fsp3) is 1.00. The SMILES string of the molecule is CN(CCCNCCCO)C1CC1. The Bertz CT molecular complexity index is 126. The van der Waals surface area contributed by atoms with E-state index < -0.39 is 0 Å². The number of hydrogen-bond donors (Lipinski definition) is 2. The molecule has 0 aliphatic heterocycles. The molecule has 0 aromatic heterocycles. The molecular weight excluding hydrogens is 164 g/mol. The van der Waals surface area contributed by atoms with Gasteiger partial charge in [0.25, 0.3) is 0 Å². The third-order valence-electron chi connectivity index (χ3n) is 2.55. The van der Waals surface area contributed by atoms with Crippen LogP contribution in [0, 0.1) is 0 Å². The van der Waals surface area contributed by atoms with Crippen LogP contribution >= 0.6 is 0 Å². The van der Waals surface area contributed by atoms with Gasteiger partial charge in [-0.05, 0) is 52.4 Å². The predicted molar refractivity (Wildman–Crippen MR) is 54.8 cm³/mol. The monoisotopic (exact) mass is 186 g/mol. The van der Waals surface area contributed by atoms with E-state index in [1.54, 1.807) is 0 Å². The molecule has 3 heteroatoms. The van der Waals surface area contributed by atoms with E-state index in [1.165, 1.54) is 25.8 Å². The number of aliphatic hydroxyl groups excluding tert-OH is 1. The summed E-state index contributed by atoms with van der Waals surface area (Å²) in [5.41, 5.74) is 0. The molecule has 0 bridgehead atoms. The van der Waals surface area contributed by atoms with Gasteiger partial charge in [0.05, 0.1) is 0 Å². The van der Waals surface area contributed by atoms with Gasteiger partial charge in [-0.1, -0.05) is 0 Å². The van der Waals surface area contributed by atoms with Crippen molar-refractivity contribution < 1.29 is 5.11 Å². The quantitative estimate of drug-likeness (QED) is 0.540. The lowest BCUT2D eigenvalue weighted by Gasteiger charge is -2.15. The normalized spacial score (nSPS) is 16.8. The van der Waals surface area contributed by atoms with Gasteiger partial charge in [0.1, 0.15) is 0 Å². The first kappa shape index (κ1) is 11.0. The van der Waals surface area contributed by atoms with Gasteiger partial charge >= 0.3 is 0 Å². The van der Waals surface area contributed by atoms with Crippen molar-refractivity contribution in [1.82, 2.24) is 10.2 Å². The van der Waals surface area contributed by atoms with Gasteiger partial charge in [-0.3, -0.25) is 0 Å². The van der Waals surface area contributed by atoms with Crippen molar-refractivity contribution in [3.63, 3.8) is 0 Å². The van der Waals surface area contributed by atoms with E-state index in [0.717, 1.165) is 25.6 Å². The molecule has 1 rings (SSSR count). The molecule has 0 saturated heterocycles.